The summed E-state index contributed by atoms with van der Waals surface area (Å²) in [6, 6.07) is 0. The highest BCUT2D eigenvalue weighted by Crippen LogP contribution is 2.11. The molecule has 0 aliphatic heterocycles. The Balaban J connectivity index is 2.11. The van der Waals surface area contributed by atoms with E-state index >= 15 is 0 Å². The van der Waals surface area contributed by atoms with Gasteiger partial charge in [-0.2, -0.15) is 5.10 Å². The fourth-order valence-corrected chi connectivity index (χ4v) is 1.57. The summed E-state index contributed by atoms with van der Waals surface area (Å²) in [6.07, 6.45) is 4.90. The molecule has 1 aromatic heterocycles. The Morgan fingerprint density at radius 1 is 1.50 bits per heavy atom. The van der Waals surface area contributed by atoms with Gasteiger partial charge in [0.15, 0.2) is 0 Å². The number of carboxylic acids is 1. The maximum Gasteiger partial charge on any atom is 0.303 e. The van der Waals surface area contributed by atoms with Gasteiger partial charge in [0.25, 0.3) is 0 Å². The highest BCUT2D eigenvalue weighted by atomic mass is 16.4. The number of hydrogen-bond donors (Lipinski definition) is 2. The molecule has 2 N–H and O–H groups in total. The predicted molar refractivity (Wildman–Crippen MR) is 62.5 cm³/mol. The van der Waals surface area contributed by atoms with Crippen molar-refractivity contribution in [2.24, 2.45) is 7.05 Å². The number of anilines is 1. The number of nitrogens with zero attached hydrogens (tertiary/aromatic N) is 2. The summed E-state index contributed by atoms with van der Waals surface area (Å²) in [5.74, 6) is -0.712. The predicted octanol–water partition coefficient (Wildman–Crippen LogP) is 1.79. The third kappa shape index (κ3) is 4.33. The largest absolute Gasteiger partial charge is 0.481 e. The van der Waals surface area contributed by atoms with Crippen molar-refractivity contribution in [1.82, 2.24) is 9.78 Å². The zero-order valence-electron chi connectivity index (χ0n) is 9.86. The number of carbonyl (C=O) groups is 1. The van der Waals surface area contributed by atoms with Gasteiger partial charge >= 0.3 is 5.97 Å². The van der Waals surface area contributed by atoms with Gasteiger partial charge in [-0.15, -0.1) is 0 Å². The number of hydrogen-bond acceptors (Lipinski definition) is 3. The molecule has 0 saturated carbocycles. The Kier molecular flexibility index (Phi) is 4.82. The monoisotopic (exact) mass is 225 g/mol. The third-order valence-electron chi connectivity index (χ3n) is 2.40. The van der Waals surface area contributed by atoms with E-state index in [-0.39, 0.29) is 6.42 Å². The molecule has 90 valence electrons. The number of aliphatic carboxylic acids is 1. The smallest absolute Gasteiger partial charge is 0.303 e. The first-order valence-electron chi connectivity index (χ1n) is 5.55. The van der Waals surface area contributed by atoms with Gasteiger partial charge in [-0.1, -0.05) is 6.42 Å². The molecule has 0 atom stereocenters. The SMILES string of the molecule is Cc1nn(C)cc1NCCCCCC(=O)O. The Bertz CT molecular complexity index is 347. The van der Waals surface area contributed by atoms with Crippen LogP contribution in [0.25, 0.3) is 0 Å². The maximum absolute atomic E-state index is 10.3. The van der Waals surface area contributed by atoms with Crippen molar-refractivity contribution in [2.75, 3.05) is 11.9 Å². The second-order valence-electron chi connectivity index (χ2n) is 3.93. The van der Waals surface area contributed by atoms with Crippen molar-refractivity contribution in [2.45, 2.75) is 32.6 Å². The van der Waals surface area contributed by atoms with Gasteiger partial charge in [0.05, 0.1) is 11.4 Å². The number of rotatable bonds is 7. The molecular weight excluding hydrogens is 206 g/mol. The van der Waals surface area contributed by atoms with E-state index in [1.807, 2.05) is 20.2 Å². The van der Waals surface area contributed by atoms with Crippen LogP contribution in [0.2, 0.25) is 0 Å². The molecule has 0 amide bonds. The van der Waals surface area contributed by atoms with Crippen molar-refractivity contribution < 1.29 is 9.90 Å². The Morgan fingerprint density at radius 3 is 2.81 bits per heavy atom. The highest BCUT2D eigenvalue weighted by Gasteiger charge is 2.01. The zero-order chi connectivity index (χ0) is 12.0. The fraction of sp³-hybridized carbons (Fsp3) is 0.636. The number of nitrogens with one attached hydrogen (secondary N) is 1. The summed E-state index contributed by atoms with van der Waals surface area (Å²) in [4.78, 5) is 10.3. The lowest BCUT2D eigenvalue weighted by Crippen LogP contribution is -2.02. The van der Waals surface area contributed by atoms with Crippen molar-refractivity contribution in [1.29, 1.82) is 0 Å². The molecule has 16 heavy (non-hydrogen) atoms. The number of unbranched alkanes of at least 4 members (excludes halogenated alkanes) is 2. The summed E-state index contributed by atoms with van der Waals surface area (Å²) in [5.41, 5.74) is 2.05. The van der Waals surface area contributed by atoms with Gasteiger partial charge < -0.3 is 10.4 Å². The van der Waals surface area contributed by atoms with Crippen LogP contribution in [0.5, 0.6) is 0 Å². The zero-order valence-corrected chi connectivity index (χ0v) is 9.86. The van der Waals surface area contributed by atoms with Gasteiger partial charge in [0, 0.05) is 26.2 Å². The molecule has 1 aromatic rings. The molecule has 0 aliphatic rings. The molecule has 1 heterocycles. The minimum atomic E-state index is -0.712. The molecule has 0 aromatic carbocycles. The van der Waals surface area contributed by atoms with E-state index in [1.165, 1.54) is 0 Å². The molecule has 0 unspecified atom stereocenters. The lowest BCUT2D eigenvalue weighted by Gasteiger charge is -2.03. The van der Waals surface area contributed by atoms with Crippen LogP contribution in [0.4, 0.5) is 5.69 Å². The maximum atomic E-state index is 10.3. The van der Waals surface area contributed by atoms with Gasteiger partial charge in [-0.3, -0.25) is 9.48 Å². The fourth-order valence-electron chi connectivity index (χ4n) is 1.57. The highest BCUT2D eigenvalue weighted by molar-refractivity contribution is 5.66. The summed E-state index contributed by atoms with van der Waals surface area (Å²) >= 11 is 0. The number of aromatic nitrogens is 2. The standard InChI is InChI=1S/C11H19N3O2/c1-9-10(8-14(2)13-9)12-7-5-3-4-6-11(15)16/h8,12H,3-7H2,1-2H3,(H,15,16). The van der Waals surface area contributed by atoms with E-state index in [0.717, 1.165) is 37.2 Å². The molecule has 5 nitrogen and oxygen atoms in total. The first kappa shape index (κ1) is 12.5. The van der Waals surface area contributed by atoms with Gasteiger partial charge in [0.1, 0.15) is 0 Å². The lowest BCUT2D eigenvalue weighted by atomic mass is 10.2. The first-order valence-corrected chi connectivity index (χ1v) is 5.55. The number of aryl methyl sites for hydroxylation is 2. The van der Waals surface area contributed by atoms with E-state index in [1.54, 1.807) is 4.68 Å². The Labute approximate surface area is 95.5 Å². The van der Waals surface area contributed by atoms with E-state index in [0.29, 0.717) is 0 Å². The summed E-state index contributed by atoms with van der Waals surface area (Å²) in [7, 11) is 1.89. The van der Waals surface area contributed by atoms with Crippen LogP contribution in [-0.4, -0.2) is 27.4 Å². The van der Waals surface area contributed by atoms with Crippen LogP contribution in [0.1, 0.15) is 31.4 Å². The quantitative estimate of drug-likeness (QED) is 0.694. The summed E-state index contributed by atoms with van der Waals surface area (Å²) < 4.78 is 1.78. The second kappa shape index (κ2) is 6.15. The van der Waals surface area contributed by atoms with Gasteiger partial charge in [-0.05, 0) is 19.8 Å². The molecule has 1 rings (SSSR count). The minimum absolute atomic E-state index is 0.270. The topological polar surface area (TPSA) is 67.2 Å². The van der Waals surface area contributed by atoms with E-state index in [9.17, 15) is 4.79 Å². The van der Waals surface area contributed by atoms with E-state index in [4.69, 9.17) is 5.11 Å². The first-order chi connectivity index (χ1) is 7.59. The molecule has 0 saturated heterocycles. The van der Waals surface area contributed by atoms with Crippen molar-refractivity contribution >= 4 is 11.7 Å². The van der Waals surface area contributed by atoms with Crippen LogP contribution < -0.4 is 5.32 Å². The van der Waals surface area contributed by atoms with Crippen LogP contribution in [0, 0.1) is 6.92 Å². The molecule has 0 aliphatic carbocycles. The number of carboxylic acid groups (broad SMARTS) is 1. The molecule has 0 fully saturated rings. The van der Waals surface area contributed by atoms with Crippen molar-refractivity contribution in [3.05, 3.63) is 11.9 Å². The summed E-state index contributed by atoms with van der Waals surface area (Å²) in [6.45, 7) is 2.83. The van der Waals surface area contributed by atoms with Crippen molar-refractivity contribution in [3.63, 3.8) is 0 Å². The minimum Gasteiger partial charge on any atom is -0.481 e. The van der Waals surface area contributed by atoms with Gasteiger partial charge in [0.2, 0.25) is 0 Å². The van der Waals surface area contributed by atoms with Crippen LogP contribution in [-0.2, 0) is 11.8 Å². The molecule has 0 radical (unpaired) electrons. The second-order valence-corrected chi connectivity index (χ2v) is 3.93. The lowest BCUT2D eigenvalue weighted by molar-refractivity contribution is -0.137. The van der Waals surface area contributed by atoms with E-state index in [2.05, 4.69) is 10.4 Å². The summed E-state index contributed by atoms with van der Waals surface area (Å²) in [5, 5.41) is 16.0. The Morgan fingerprint density at radius 2 is 2.25 bits per heavy atom. The average Bonchev–Trinajstić information content (AvgIpc) is 2.50. The molecule has 5 heteroatoms. The van der Waals surface area contributed by atoms with Crippen molar-refractivity contribution in [3.8, 4) is 0 Å². The Hall–Kier alpha value is -1.52. The third-order valence-corrected chi connectivity index (χ3v) is 2.40. The molecular formula is C11H19N3O2. The molecule has 0 spiro atoms. The van der Waals surface area contributed by atoms with Crippen LogP contribution in [0.3, 0.4) is 0 Å². The average molecular weight is 225 g/mol. The van der Waals surface area contributed by atoms with Crippen LogP contribution in [0.15, 0.2) is 6.20 Å². The van der Waals surface area contributed by atoms with Crippen LogP contribution >= 0.6 is 0 Å². The van der Waals surface area contributed by atoms with Gasteiger partial charge in [-0.25, -0.2) is 0 Å². The van der Waals surface area contributed by atoms with E-state index < -0.39 is 5.97 Å². The normalized spacial score (nSPS) is 10.4. The molecule has 0 bridgehead atoms.